The number of H-pyrrole nitrogens is 1. The third kappa shape index (κ3) is 4.14. The lowest BCUT2D eigenvalue weighted by atomic mass is 10.2. The van der Waals surface area contributed by atoms with Gasteiger partial charge in [0.05, 0.1) is 6.42 Å². The van der Waals surface area contributed by atoms with Crippen LogP contribution in [0.1, 0.15) is 24.9 Å². The van der Waals surface area contributed by atoms with Crippen molar-refractivity contribution in [3.63, 3.8) is 0 Å². The van der Waals surface area contributed by atoms with E-state index in [4.69, 9.17) is 0 Å². The Hall–Kier alpha value is -1.33. The summed E-state index contributed by atoms with van der Waals surface area (Å²) < 4.78 is 35.7. The standard InChI is InChI=1S/C9H11F3N2O/c1-2-6-5-8(15)14-7(13-6)3-4-9(10,11)12/h5H,2-4H2,1H3,(H,13,14,15). The van der Waals surface area contributed by atoms with E-state index in [1.807, 2.05) is 0 Å². The number of halogens is 3. The molecule has 1 rings (SSSR count). The molecular weight excluding hydrogens is 209 g/mol. The molecule has 0 unspecified atom stereocenters. The fraction of sp³-hybridized carbons (Fsp3) is 0.556. The molecule has 0 spiro atoms. The first-order chi connectivity index (χ1) is 6.90. The minimum Gasteiger partial charge on any atom is -0.311 e. The highest BCUT2D eigenvalue weighted by Crippen LogP contribution is 2.20. The van der Waals surface area contributed by atoms with Crippen LogP contribution < -0.4 is 5.56 Å². The fourth-order valence-corrected chi connectivity index (χ4v) is 1.12. The molecule has 0 aliphatic heterocycles. The van der Waals surface area contributed by atoms with E-state index in [1.54, 1.807) is 6.92 Å². The SMILES string of the molecule is CCc1cc(=O)[nH]c(CCC(F)(F)F)n1. The summed E-state index contributed by atoms with van der Waals surface area (Å²) in [7, 11) is 0. The van der Waals surface area contributed by atoms with Crippen LogP contribution in [0.2, 0.25) is 0 Å². The van der Waals surface area contributed by atoms with Crippen molar-refractivity contribution in [2.75, 3.05) is 0 Å². The quantitative estimate of drug-likeness (QED) is 0.844. The number of rotatable bonds is 3. The molecule has 84 valence electrons. The van der Waals surface area contributed by atoms with Crippen LogP contribution in [-0.4, -0.2) is 16.1 Å². The topological polar surface area (TPSA) is 45.8 Å². The van der Waals surface area contributed by atoms with Gasteiger partial charge in [-0.25, -0.2) is 4.98 Å². The molecule has 1 aromatic rings. The van der Waals surface area contributed by atoms with Crippen LogP contribution in [0, 0.1) is 0 Å². The van der Waals surface area contributed by atoms with E-state index in [0.717, 1.165) is 0 Å². The lowest BCUT2D eigenvalue weighted by molar-refractivity contribution is -0.134. The molecule has 0 amide bonds. The van der Waals surface area contributed by atoms with Gasteiger partial charge in [-0.3, -0.25) is 4.79 Å². The molecule has 6 heteroatoms. The molecule has 0 bridgehead atoms. The Labute approximate surface area is 84.4 Å². The molecule has 0 atom stereocenters. The van der Waals surface area contributed by atoms with Crippen molar-refractivity contribution in [2.24, 2.45) is 0 Å². The monoisotopic (exact) mass is 220 g/mol. The van der Waals surface area contributed by atoms with E-state index in [1.165, 1.54) is 6.07 Å². The van der Waals surface area contributed by atoms with Crippen molar-refractivity contribution in [3.05, 3.63) is 27.9 Å². The molecule has 0 saturated carbocycles. The average molecular weight is 220 g/mol. The van der Waals surface area contributed by atoms with Crippen LogP contribution in [0.3, 0.4) is 0 Å². The van der Waals surface area contributed by atoms with Gasteiger partial charge in [0.25, 0.3) is 5.56 Å². The van der Waals surface area contributed by atoms with Crippen molar-refractivity contribution in [3.8, 4) is 0 Å². The van der Waals surface area contributed by atoms with Gasteiger partial charge in [-0.2, -0.15) is 13.2 Å². The summed E-state index contributed by atoms with van der Waals surface area (Å²) >= 11 is 0. The summed E-state index contributed by atoms with van der Waals surface area (Å²) in [5.41, 5.74) is 0.106. The molecule has 3 nitrogen and oxygen atoms in total. The molecule has 1 N–H and O–H groups in total. The van der Waals surface area contributed by atoms with Crippen molar-refractivity contribution in [2.45, 2.75) is 32.4 Å². The molecule has 0 aliphatic carbocycles. The van der Waals surface area contributed by atoms with Crippen molar-refractivity contribution in [1.82, 2.24) is 9.97 Å². The molecule has 0 aliphatic rings. The highest BCUT2D eigenvalue weighted by atomic mass is 19.4. The molecule has 0 radical (unpaired) electrons. The molecular formula is C9H11F3N2O. The number of aromatic nitrogens is 2. The number of hydrogen-bond donors (Lipinski definition) is 1. The zero-order valence-corrected chi connectivity index (χ0v) is 8.19. The van der Waals surface area contributed by atoms with Crippen molar-refractivity contribution in [1.29, 1.82) is 0 Å². The second-order valence-corrected chi connectivity index (χ2v) is 3.15. The van der Waals surface area contributed by atoms with E-state index in [-0.39, 0.29) is 12.2 Å². The number of aryl methyl sites for hydroxylation is 2. The van der Waals surface area contributed by atoms with Gasteiger partial charge in [-0.15, -0.1) is 0 Å². The minimum atomic E-state index is -4.22. The maximum atomic E-state index is 11.9. The van der Waals surface area contributed by atoms with Crippen LogP contribution in [0.15, 0.2) is 10.9 Å². The average Bonchev–Trinajstić information content (AvgIpc) is 2.13. The van der Waals surface area contributed by atoms with Crippen LogP contribution in [0.5, 0.6) is 0 Å². The van der Waals surface area contributed by atoms with Crippen molar-refractivity contribution < 1.29 is 13.2 Å². The Morgan fingerprint density at radius 3 is 2.67 bits per heavy atom. The van der Waals surface area contributed by atoms with E-state index in [9.17, 15) is 18.0 Å². The summed E-state index contributed by atoms with van der Waals surface area (Å²) in [6.07, 6.45) is -4.95. The third-order valence-corrected chi connectivity index (χ3v) is 1.85. The Morgan fingerprint density at radius 1 is 1.47 bits per heavy atom. The Balaban J connectivity index is 2.77. The number of nitrogens with one attached hydrogen (secondary N) is 1. The first kappa shape index (κ1) is 11.7. The third-order valence-electron chi connectivity index (χ3n) is 1.85. The number of alkyl halides is 3. The molecule has 0 aromatic carbocycles. The molecule has 0 saturated heterocycles. The maximum absolute atomic E-state index is 11.9. The van der Waals surface area contributed by atoms with E-state index >= 15 is 0 Å². The van der Waals surface area contributed by atoms with E-state index < -0.39 is 18.2 Å². The summed E-state index contributed by atoms with van der Waals surface area (Å²) in [5.74, 6) is 0.0941. The van der Waals surface area contributed by atoms with Crippen LogP contribution in [-0.2, 0) is 12.8 Å². The van der Waals surface area contributed by atoms with E-state index in [0.29, 0.717) is 12.1 Å². The van der Waals surface area contributed by atoms with Gasteiger partial charge in [0, 0.05) is 18.2 Å². The summed E-state index contributed by atoms with van der Waals surface area (Å²) in [5, 5.41) is 0. The Kier molecular flexibility index (Phi) is 3.49. The Bertz CT molecular complexity index is 384. The normalized spacial score (nSPS) is 11.7. The predicted octanol–water partition coefficient (Wildman–Crippen LogP) is 1.83. The molecule has 0 fully saturated rings. The van der Waals surface area contributed by atoms with Gasteiger partial charge in [0.2, 0.25) is 0 Å². The number of aromatic amines is 1. The van der Waals surface area contributed by atoms with Gasteiger partial charge in [-0.05, 0) is 6.42 Å². The summed E-state index contributed by atoms with van der Waals surface area (Å²) in [4.78, 5) is 17.2. The highest BCUT2D eigenvalue weighted by Gasteiger charge is 2.26. The van der Waals surface area contributed by atoms with Crippen LogP contribution in [0.25, 0.3) is 0 Å². The van der Waals surface area contributed by atoms with Crippen LogP contribution in [0.4, 0.5) is 13.2 Å². The first-order valence-corrected chi connectivity index (χ1v) is 4.56. The largest absolute Gasteiger partial charge is 0.389 e. The van der Waals surface area contributed by atoms with Gasteiger partial charge >= 0.3 is 6.18 Å². The van der Waals surface area contributed by atoms with Gasteiger partial charge < -0.3 is 4.98 Å². The van der Waals surface area contributed by atoms with Gasteiger partial charge in [0.1, 0.15) is 5.82 Å². The number of hydrogen-bond acceptors (Lipinski definition) is 2. The second-order valence-electron chi connectivity index (χ2n) is 3.15. The molecule has 1 heterocycles. The minimum absolute atomic E-state index is 0.0941. The predicted molar refractivity (Wildman–Crippen MR) is 48.6 cm³/mol. The zero-order valence-electron chi connectivity index (χ0n) is 8.19. The Morgan fingerprint density at radius 2 is 2.13 bits per heavy atom. The van der Waals surface area contributed by atoms with Gasteiger partial charge in [-0.1, -0.05) is 6.92 Å². The van der Waals surface area contributed by atoms with Crippen LogP contribution >= 0.6 is 0 Å². The van der Waals surface area contributed by atoms with Crippen molar-refractivity contribution >= 4 is 0 Å². The fourth-order valence-electron chi connectivity index (χ4n) is 1.12. The molecule has 1 aromatic heterocycles. The zero-order chi connectivity index (χ0) is 11.5. The summed E-state index contributed by atoms with van der Waals surface area (Å²) in [6, 6.07) is 1.29. The maximum Gasteiger partial charge on any atom is 0.389 e. The highest BCUT2D eigenvalue weighted by molar-refractivity contribution is 5.02. The number of nitrogens with zero attached hydrogens (tertiary/aromatic N) is 1. The second kappa shape index (κ2) is 4.46. The lowest BCUT2D eigenvalue weighted by Gasteiger charge is -2.05. The summed E-state index contributed by atoms with van der Waals surface area (Å²) in [6.45, 7) is 1.79. The van der Waals surface area contributed by atoms with Gasteiger partial charge in [0.15, 0.2) is 0 Å². The van der Waals surface area contributed by atoms with E-state index in [2.05, 4.69) is 9.97 Å². The molecule has 15 heavy (non-hydrogen) atoms. The first-order valence-electron chi connectivity index (χ1n) is 4.56. The lowest BCUT2D eigenvalue weighted by Crippen LogP contribution is -2.15. The smallest absolute Gasteiger partial charge is 0.311 e.